The number of ether oxygens (including phenoxy) is 1. The van der Waals surface area contributed by atoms with Gasteiger partial charge < -0.3 is 15.2 Å². The van der Waals surface area contributed by atoms with Gasteiger partial charge in [0.1, 0.15) is 6.10 Å². The quantitative estimate of drug-likeness (QED) is 0.777. The van der Waals surface area contributed by atoms with Gasteiger partial charge in [-0.25, -0.2) is 4.79 Å². The maximum Gasteiger partial charge on any atom is 0.331 e. The number of carbonyl (C=O) groups excluding carboxylic acids is 1. The molecule has 0 radical (unpaired) electrons. The molecule has 2 rings (SSSR count). The molecule has 7 nitrogen and oxygen atoms in total. The number of carboxylic acid groups (broad SMARTS) is 1. The lowest BCUT2D eigenvalue weighted by Crippen LogP contribution is -2.39. The van der Waals surface area contributed by atoms with E-state index in [-0.39, 0.29) is 5.91 Å². The van der Waals surface area contributed by atoms with E-state index in [1.54, 1.807) is 13.2 Å². The summed E-state index contributed by atoms with van der Waals surface area (Å²) >= 11 is 0. The molecule has 1 fully saturated rings. The van der Waals surface area contributed by atoms with Gasteiger partial charge in [-0.15, -0.1) is 0 Å². The van der Waals surface area contributed by atoms with E-state index in [9.17, 15) is 9.59 Å². The molecule has 1 amide bonds. The van der Waals surface area contributed by atoms with Crippen molar-refractivity contribution < 1.29 is 19.4 Å². The Bertz CT molecular complexity index is 451. The maximum absolute atomic E-state index is 11.8. The summed E-state index contributed by atoms with van der Waals surface area (Å²) in [6.07, 6.45) is 3.90. The molecule has 0 saturated carbocycles. The maximum atomic E-state index is 11.8. The van der Waals surface area contributed by atoms with Gasteiger partial charge in [-0.3, -0.25) is 9.48 Å². The molecule has 2 unspecified atom stereocenters. The van der Waals surface area contributed by atoms with Crippen molar-refractivity contribution in [2.75, 3.05) is 6.61 Å². The zero-order valence-corrected chi connectivity index (χ0v) is 10.00. The minimum Gasteiger partial charge on any atom is -0.479 e. The topological polar surface area (TPSA) is 93.5 Å². The monoisotopic (exact) mass is 253 g/mol. The first-order chi connectivity index (χ1) is 8.58. The van der Waals surface area contributed by atoms with Gasteiger partial charge in [0.15, 0.2) is 6.04 Å². The Kier molecular flexibility index (Phi) is 3.61. The lowest BCUT2D eigenvalue weighted by molar-refractivity contribution is -0.143. The van der Waals surface area contributed by atoms with Crippen molar-refractivity contribution in [1.82, 2.24) is 15.1 Å². The van der Waals surface area contributed by atoms with Gasteiger partial charge in [-0.1, -0.05) is 0 Å². The molecule has 1 aromatic rings. The number of aryl methyl sites for hydroxylation is 1. The van der Waals surface area contributed by atoms with Crippen LogP contribution in [-0.2, 0) is 21.4 Å². The zero-order chi connectivity index (χ0) is 13.1. The molecule has 18 heavy (non-hydrogen) atoms. The van der Waals surface area contributed by atoms with E-state index >= 15 is 0 Å². The number of hydrogen-bond acceptors (Lipinski definition) is 4. The van der Waals surface area contributed by atoms with Gasteiger partial charge >= 0.3 is 5.97 Å². The molecule has 1 aliphatic heterocycles. The number of nitrogens with one attached hydrogen (secondary N) is 1. The van der Waals surface area contributed by atoms with Crippen LogP contribution in [0.5, 0.6) is 0 Å². The molecule has 98 valence electrons. The fraction of sp³-hybridized carbons (Fsp3) is 0.545. The van der Waals surface area contributed by atoms with Crippen LogP contribution in [0, 0.1) is 0 Å². The summed E-state index contributed by atoms with van der Waals surface area (Å²) in [5.41, 5.74) is 0.441. The molecule has 0 spiro atoms. The first-order valence-corrected chi connectivity index (χ1v) is 5.71. The van der Waals surface area contributed by atoms with Crippen LogP contribution in [0.25, 0.3) is 0 Å². The summed E-state index contributed by atoms with van der Waals surface area (Å²) in [5, 5.41) is 15.5. The normalized spacial score (nSPS) is 20.6. The lowest BCUT2D eigenvalue weighted by atomic mass is 10.1. The number of aliphatic carboxylic acids is 1. The van der Waals surface area contributed by atoms with Crippen molar-refractivity contribution in [3.8, 4) is 0 Å². The van der Waals surface area contributed by atoms with E-state index < -0.39 is 18.1 Å². The van der Waals surface area contributed by atoms with E-state index in [0.29, 0.717) is 18.6 Å². The predicted octanol–water partition coefficient (Wildman–Crippen LogP) is -0.159. The lowest BCUT2D eigenvalue weighted by Gasteiger charge is -2.15. The van der Waals surface area contributed by atoms with Crippen molar-refractivity contribution in [2.24, 2.45) is 7.05 Å². The number of rotatable bonds is 4. The molecule has 0 bridgehead atoms. The van der Waals surface area contributed by atoms with Gasteiger partial charge in [0.05, 0.1) is 6.20 Å². The highest BCUT2D eigenvalue weighted by Crippen LogP contribution is 2.16. The molecule has 1 aromatic heterocycles. The second kappa shape index (κ2) is 5.18. The summed E-state index contributed by atoms with van der Waals surface area (Å²) in [5.74, 6) is -1.50. The number of amides is 1. The summed E-state index contributed by atoms with van der Waals surface area (Å²) in [6.45, 7) is 0.544. The van der Waals surface area contributed by atoms with Crippen LogP contribution in [-0.4, -0.2) is 39.5 Å². The van der Waals surface area contributed by atoms with Crippen LogP contribution >= 0.6 is 0 Å². The number of hydrogen-bond donors (Lipinski definition) is 2. The smallest absolute Gasteiger partial charge is 0.331 e. The van der Waals surface area contributed by atoms with Crippen LogP contribution < -0.4 is 5.32 Å². The highest BCUT2D eigenvalue weighted by molar-refractivity contribution is 5.87. The first-order valence-electron chi connectivity index (χ1n) is 5.71. The van der Waals surface area contributed by atoms with E-state index in [0.717, 1.165) is 6.42 Å². The Hall–Kier alpha value is -1.89. The molecule has 0 aliphatic carbocycles. The van der Waals surface area contributed by atoms with Crippen LogP contribution in [0.15, 0.2) is 12.4 Å². The van der Waals surface area contributed by atoms with Gasteiger partial charge in [-0.2, -0.15) is 5.10 Å². The number of aromatic nitrogens is 2. The van der Waals surface area contributed by atoms with Gasteiger partial charge in [-0.05, 0) is 12.8 Å². The molecule has 0 aromatic carbocycles. The van der Waals surface area contributed by atoms with Crippen molar-refractivity contribution in [2.45, 2.75) is 25.0 Å². The van der Waals surface area contributed by atoms with Crippen molar-refractivity contribution >= 4 is 11.9 Å². The molecule has 2 heterocycles. The molecule has 2 atom stereocenters. The minimum absolute atomic E-state index is 0.385. The fourth-order valence-corrected chi connectivity index (χ4v) is 1.90. The Morgan fingerprint density at radius 2 is 2.44 bits per heavy atom. The molecule has 1 aliphatic rings. The average Bonchev–Trinajstić information content (AvgIpc) is 2.95. The summed E-state index contributed by atoms with van der Waals surface area (Å²) < 4.78 is 6.70. The molecule has 7 heteroatoms. The molecular formula is C11H15N3O4. The van der Waals surface area contributed by atoms with E-state index in [2.05, 4.69) is 10.4 Å². The Morgan fingerprint density at radius 1 is 1.67 bits per heavy atom. The Balaban J connectivity index is 2.07. The van der Waals surface area contributed by atoms with Crippen LogP contribution in [0.2, 0.25) is 0 Å². The zero-order valence-electron chi connectivity index (χ0n) is 10.00. The highest BCUT2D eigenvalue weighted by Gasteiger charge is 2.29. The molecule has 1 saturated heterocycles. The molecule has 2 N–H and O–H groups in total. The van der Waals surface area contributed by atoms with Gasteiger partial charge in [0.25, 0.3) is 0 Å². The average molecular weight is 253 g/mol. The van der Waals surface area contributed by atoms with E-state index in [4.69, 9.17) is 9.84 Å². The predicted molar refractivity (Wildman–Crippen MR) is 60.7 cm³/mol. The van der Waals surface area contributed by atoms with E-state index in [1.807, 2.05) is 0 Å². The van der Waals surface area contributed by atoms with Crippen LogP contribution in [0.1, 0.15) is 24.4 Å². The van der Waals surface area contributed by atoms with Gasteiger partial charge in [0, 0.05) is 25.4 Å². The summed E-state index contributed by atoms with van der Waals surface area (Å²) in [7, 11) is 1.68. The fourth-order valence-electron chi connectivity index (χ4n) is 1.90. The first kappa shape index (κ1) is 12.6. The van der Waals surface area contributed by atoms with Gasteiger partial charge in [0.2, 0.25) is 5.91 Å². The summed E-state index contributed by atoms with van der Waals surface area (Å²) in [4.78, 5) is 23.0. The SMILES string of the molecule is Cn1cc(C(NC(=O)C2CCCO2)C(=O)O)cn1. The standard InChI is InChI=1S/C11H15N3O4/c1-14-6-7(5-12-14)9(11(16)17)13-10(15)8-3-2-4-18-8/h5-6,8-9H,2-4H2,1H3,(H,13,15)(H,16,17). The van der Waals surface area contributed by atoms with Crippen molar-refractivity contribution in [3.63, 3.8) is 0 Å². The number of carbonyl (C=O) groups is 2. The Morgan fingerprint density at radius 3 is 2.94 bits per heavy atom. The number of carboxylic acids is 1. The third kappa shape index (κ3) is 2.67. The second-order valence-corrected chi connectivity index (χ2v) is 4.23. The largest absolute Gasteiger partial charge is 0.479 e. The van der Waals surface area contributed by atoms with E-state index in [1.165, 1.54) is 10.9 Å². The summed E-state index contributed by atoms with van der Waals surface area (Å²) in [6, 6.07) is -1.09. The highest BCUT2D eigenvalue weighted by atomic mass is 16.5. The minimum atomic E-state index is -1.12. The second-order valence-electron chi connectivity index (χ2n) is 4.23. The third-order valence-corrected chi connectivity index (χ3v) is 2.81. The van der Waals surface area contributed by atoms with Crippen LogP contribution in [0.4, 0.5) is 0 Å². The third-order valence-electron chi connectivity index (χ3n) is 2.81. The molecular weight excluding hydrogens is 238 g/mol. The van der Waals surface area contributed by atoms with Crippen LogP contribution in [0.3, 0.4) is 0 Å². The number of nitrogens with zero attached hydrogens (tertiary/aromatic N) is 2. The Labute approximate surface area is 104 Å². The van der Waals surface area contributed by atoms with Crippen molar-refractivity contribution in [1.29, 1.82) is 0 Å². The van der Waals surface area contributed by atoms with Crippen molar-refractivity contribution in [3.05, 3.63) is 18.0 Å².